The van der Waals surface area contributed by atoms with Crippen molar-refractivity contribution in [2.45, 2.75) is 69.2 Å². The van der Waals surface area contributed by atoms with Crippen LogP contribution in [0.25, 0.3) is 0 Å². The first-order valence-corrected chi connectivity index (χ1v) is 6.08. The summed E-state index contributed by atoms with van der Waals surface area (Å²) in [6.07, 6.45) is 3.74. The fraction of sp³-hybridized carbons (Fsp3) is 1.00. The summed E-state index contributed by atoms with van der Waals surface area (Å²) in [6, 6.07) is 0. The largest absolute Gasteiger partial charge is 0.390 e. The van der Waals surface area contributed by atoms with Crippen LogP contribution in [-0.4, -0.2) is 32.1 Å². The molecule has 4 bridgehead atoms. The van der Waals surface area contributed by atoms with E-state index in [9.17, 15) is 15.3 Å². The maximum atomic E-state index is 10.1. The van der Waals surface area contributed by atoms with Crippen LogP contribution in [0.15, 0.2) is 0 Å². The van der Waals surface area contributed by atoms with Crippen LogP contribution >= 0.6 is 0 Å². The van der Waals surface area contributed by atoms with Gasteiger partial charge in [-0.2, -0.15) is 0 Å². The smallest absolute Gasteiger partial charge is 0.0705 e. The summed E-state index contributed by atoms with van der Waals surface area (Å²) in [5.74, 6) is 0.330. The van der Waals surface area contributed by atoms with Crippen molar-refractivity contribution in [1.29, 1.82) is 0 Å². The van der Waals surface area contributed by atoms with Gasteiger partial charge in [-0.25, -0.2) is 0 Å². The van der Waals surface area contributed by atoms with E-state index in [0.29, 0.717) is 25.2 Å². The molecule has 88 valence electrons. The molecule has 4 fully saturated rings. The van der Waals surface area contributed by atoms with Gasteiger partial charge in [0.1, 0.15) is 0 Å². The molecule has 0 spiro atoms. The monoisotopic (exact) mass is 214 g/mol. The van der Waals surface area contributed by atoms with Crippen molar-refractivity contribution in [3.63, 3.8) is 0 Å². The van der Waals surface area contributed by atoms with Gasteiger partial charge in [-0.05, 0) is 25.2 Å². The Kier molecular flexibility index (Phi) is 2.42. The Balaban J connectivity index is 0.000000404. The molecule has 0 atom stereocenters. The lowest BCUT2D eigenvalue weighted by Gasteiger charge is -2.61. The van der Waals surface area contributed by atoms with Gasteiger partial charge in [0, 0.05) is 19.3 Å². The Labute approximate surface area is 91.1 Å². The summed E-state index contributed by atoms with van der Waals surface area (Å²) in [5.41, 5.74) is -2.32. The molecule has 15 heavy (non-hydrogen) atoms. The minimum Gasteiger partial charge on any atom is -0.390 e. The van der Waals surface area contributed by atoms with Crippen molar-refractivity contribution in [3.8, 4) is 0 Å². The highest BCUT2D eigenvalue weighted by molar-refractivity contribution is 5.14. The van der Waals surface area contributed by atoms with Crippen molar-refractivity contribution < 1.29 is 15.3 Å². The standard InChI is InChI=1S/C10H16O3.C2H6/c11-8-1-7-2-9(12,4-8)6-10(13,3-7)5-8;1-2/h7,11-13H,1-6H2;1-2H3. The predicted molar refractivity (Wildman–Crippen MR) is 57.4 cm³/mol. The van der Waals surface area contributed by atoms with Crippen LogP contribution in [0.5, 0.6) is 0 Å². The zero-order chi connectivity index (χ0) is 11.3. The van der Waals surface area contributed by atoms with Crippen molar-refractivity contribution >= 4 is 0 Å². The van der Waals surface area contributed by atoms with E-state index in [2.05, 4.69) is 0 Å². The van der Waals surface area contributed by atoms with E-state index in [1.807, 2.05) is 13.8 Å². The number of rotatable bonds is 0. The second-order valence-corrected chi connectivity index (χ2v) is 5.68. The van der Waals surface area contributed by atoms with Gasteiger partial charge in [0.05, 0.1) is 16.8 Å². The second kappa shape index (κ2) is 3.19. The Bertz CT molecular complexity index is 213. The molecule has 3 heteroatoms. The summed E-state index contributed by atoms with van der Waals surface area (Å²) >= 11 is 0. The van der Waals surface area contributed by atoms with Gasteiger partial charge >= 0.3 is 0 Å². The average molecular weight is 214 g/mol. The third-order valence-electron chi connectivity index (χ3n) is 3.98. The van der Waals surface area contributed by atoms with E-state index in [1.54, 1.807) is 0 Å². The molecule has 3 N–H and O–H groups in total. The highest BCUT2D eigenvalue weighted by Crippen LogP contribution is 2.58. The van der Waals surface area contributed by atoms with E-state index in [1.165, 1.54) is 0 Å². The highest BCUT2D eigenvalue weighted by Gasteiger charge is 2.62. The van der Waals surface area contributed by atoms with Crippen molar-refractivity contribution in [2.75, 3.05) is 0 Å². The number of aliphatic hydroxyl groups is 3. The zero-order valence-electron chi connectivity index (χ0n) is 9.66. The van der Waals surface area contributed by atoms with Gasteiger partial charge in [0.2, 0.25) is 0 Å². The molecule has 0 heterocycles. The SMILES string of the molecule is CC.OC12CC3CC(O)(C1)CC(O)(C3)C2. The van der Waals surface area contributed by atoms with Crippen molar-refractivity contribution in [1.82, 2.24) is 0 Å². The predicted octanol–water partition coefficient (Wildman–Crippen LogP) is 1.20. The van der Waals surface area contributed by atoms with Gasteiger partial charge in [-0.3, -0.25) is 0 Å². The quantitative estimate of drug-likeness (QED) is 0.568. The summed E-state index contributed by atoms with van der Waals surface area (Å²) in [6.45, 7) is 4.00. The Morgan fingerprint density at radius 2 is 1.00 bits per heavy atom. The van der Waals surface area contributed by atoms with E-state index >= 15 is 0 Å². The molecule has 0 saturated heterocycles. The maximum absolute atomic E-state index is 10.1. The summed E-state index contributed by atoms with van der Waals surface area (Å²) in [4.78, 5) is 0. The van der Waals surface area contributed by atoms with Crippen LogP contribution in [0.4, 0.5) is 0 Å². The molecule has 0 aromatic rings. The second-order valence-electron chi connectivity index (χ2n) is 5.68. The van der Waals surface area contributed by atoms with E-state index in [0.717, 1.165) is 19.3 Å². The average Bonchev–Trinajstić information content (AvgIpc) is 1.97. The van der Waals surface area contributed by atoms with E-state index < -0.39 is 16.8 Å². The molecule has 4 rings (SSSR count). The van der Waals surface area contributed by atoms with Crippen LogP contribution < -0.4 is 0 Å². The minimum atomic E-state index is -0.775. The molecule has 3 nitrogen and oxygen atoms in total. The van der Waals surface area contributed by atoms with Crippen LogP contribution in [-0.2, 0) is 0 Å². The fourth-order valence-electron chi connectivity index (χ4n) is 4.29. The molecule has 4 saturated carbocycles. The summed E-state index contributed by atoms with van der Waals surface area (Å²) in [7, 11) is 0. The highest BCUT2D eigenvalue weighted by atomic mass is 16.3. The van der Waals surface area contributed by atoms with Gasteiger partial charge in [0.25, 0.3) is 0 Å². The first-order valence-electron chi connectivity index (χ1n) is 6.08. The molecular formula is C12H22O3. The summed E-state index contributed by atoms with van der Waals surface area (Å²) < 4.78 is 0. The molecule has 0 amide bonds. The first-order chi connectivity index (χ1) is 6.91. The van der Waals surface area contributed by atoms with Crippen LogP contribution in [0.1, 0.15) is 52.4 Å². The summed E-state index contributed by atoms with van der Waals surface area (Å²) in [5, 5.41) is 30.3. The van der Waals surface area contributed by atoms with E-state index in [-0.39, 0.29) is 0 Å². The molecule has 0 unspecified atom stereocenters. The Hall–Kier alpha value is -0.120. The zero-order valence-corrected chi connectivity index (χ0v) is 9.66. The van der Waals surface area contributed by atoms with Gasteiger partial charge in [0.15, 0.2) is 0 Å². The Morgan fingerprint density at radius 1 is 0.733 bits per heavy atom. The first kappa shape index (κ1) is 11.4. The molecule has 0 aliphatic heterocycles. The normalized spacial score (nSPS) is 56.2. The minimum absolute atomic E-state index is 0.330. The lowest BCUT2D eigenvalue weighted by atomic mass is 9.50. The fourth-order valence-corrected chi connectivity index (χ4v) is 4.29. The number of hydrogen-bond acceptors (Lipinski definition) is 3. The number of hydrogen-bond donors (Lipinski definition) is 3. The third-order valence-corrected chi connectivity index (χ3v) is 3.98. The maximum Gasteiger partial charge on any atom is 0.0705 e. The molecular weight excluding hydrogens is 192 g/mol. The lowest BCUT2D eigenvalue weighted by Crippen LogP contribution is -2.65. The molecule has 0 aromatic carbocycles. The van der Waals surface area contributed by atoms with Crippen LogP contribution in [0.2, 0.25) is 0 Å². The lowest BCUT2D eigenvalue weighted by molar-refractivity contribution is -0.253. The van der Waals surface area contributed by atoms with Crippen molar-refractivity contribution in [2.24, 2.45) is 5.92 Å². The topological polar surface area (TPSA) is 60.7 Å². The molecule has 4 aliphatic carbocycles. The molecule has 0 aromatic heterocycles. The van der Waals surface area contributed by atoms with Crippen LogP contribution in [0.3, 0.4) is 0 Å². The van der Waals surface area contributed by atoms with Crippen LogP contribution in [0, 0.1) is 5.92 Å². The van der Waals surface area contributed by atoms with Gasteiger partial charge in [-0.1, -0.05) is 13.8 Å². The molecule has 0 radical (unpaired) electrons. The van der Waals surface area contributed by atoms with Gasteiger partial charge < -0.3 is 15.3 Å². The Morgan fingerprint density at radius 3 is 1.20 bits per heavy atom. The molecule has 4 aliphatic rings. The third kappa shape index (κ3) is 1.81. The van der Waals surface area contributed by atoms with Crippen molar-refractivity contribution in [3.05, 3.63) is 0 Å². The van der Waals surface area contributed by atoms with Gasteiger partial charge in [-0.15, -0.1) is 0 Å². The van der Waals surface area contributed by atoms with E-state index in [4.69, 9.17) is 0 Å².